The van der Waals surface area contributed by atoms with Crippen LogP contribution in [0.5, 0.6) is 11.6 Å². The minimum Gasteiger partial charge on any atom is -0.494 e. The lowest BCUT2D eigenvalue weighted by Gasteiger charge is -2.14. The third-order valence-corrected chi connectivity index (χ3v) is 7.62. The van der Waals surface area contributed by atoms with Gasteiger partial charge in [-0.15, -0.1) is 0 Å². The highest BCUT2D eigenvalue weighted by Crippen LogP contribution is 2.41. The van der Waals surface area contributed by atoms with E-state index in [0.717, 1.165) is 18.4 Å². The number of carboxylic acid groups (broad SMARTS) is 1. The summed E-state index contributed by atoms with van der Waals surface area (Å²) in [6.45, 7) is 4.22. The van der Waals surface area contributed by atoms with Crippen molar-refractivity contribution in [2.24, 2.45) is 5.92 Å². The molecule has 1 fully saturated rings. The zero-order chi connectivity index (χ0) is 27.0. The number of ether oxygens (including phenoxy) is 2. The molecule has 1 N–H and O–H groups in total. The lowest BCUT2D eigenvalue weighted by Crippen LogP contribution is -2.13. The summed E-state index contributed by atoms with van der Waals surface area (Å²) in [4.78, 5) is 24.8. The molecule has 2 aromatic heterocycles. The van der Waals surface area contributed by atoms with Gasteiger partial charge < -0.3 is 19.1 Å². The number of hydrogen-bond donors (Lipinski definition) is 1. The smallest absolute Gasteiger partial charge is 0.306 e. The number of carbonyl (C=O) groups is 1. The molecule has 2 heterocycles. The highest BCUT2D eigenvalue weighted by Gasteiger charge is 2.41. The van der Waals surface area contributed by atoms with Crippen molar-refractivity contribution in [1.29, 1.82) is 0 Å². The zero-order valence-corrected chi connectivity index (χ0v) is 23.0. The minimum atomic E-state index is -0.860. The van der Waals surface area contributed by atoms with Gasteiger partial charge in [0.25, 0.3) is 0 Å². The van der Waals surface area contributed by atoms with E-state index in [2.05, 4.69) is 9.97 Å². The predicted octanol–water partition coefficient (Wildman–Crippen LogP) is 6.92. The average molecular weight is 576 g/mol. The Kier molecular flexibility index (Phi) is 7.40. The number of fused-ring (bicyclic) bond motifs is 1. The SMILES string of the molecule is CC(CCOc1ccc(-c2nc3c(OC4(C)CC4)ncnc3n2Cc2c(Cl)cccc2Cl)c(Cl)c1)C(=O)O. The summed E-state index contributed by atoms with van der Waals surface area (Å²) in [6.07, 6.45) is 3.72. The molecule has 0 spiro atoms. The van der Waals surface area contributed by atoms with E-state index in [9.17, 15) is 4.79 Å². The maximum atomic E-state index is 11.1. The van der Waals surface area contributed by atoms with Gasteiger partial charge in [0.1, 0.15) is 23.5 Å². The Labute approximate surface area is 234 Å². The summed E-state index contributed by atoms with van der Waals surface area (Å²) in [5.74, 6) is 0.110. The Bertz CT molecular complexity index is 1500. The Morgan fingerprint density at radius 3 is 2.53 bits per heavy atom. The summed E-state index contributed by atoms with van der Waals surface area (Å²) >= 11 is 19.8. The highest BCUT2D eigenvalue weighted by molar-refractivity contribution is 6.36. The number of rotatable bonds is 10. The number of aromatic nitrogens is 4. The van der Waals surface area contributed by atoms with Crippen molar-refractivity contribution in [2.45, 2.75) is 45.3 Å². The van der Waals surface area contributed by atoms with Crippen LogP contribution < -0.4 is 9.47 Å². The predicted molar refractivity (Wildman–Crippen MR) is 147 cm³/mol. The van der Waals surface area contributed by atoms with Gasteiger partial charge in [0.15, 0.2) is 11.2 Å². The first-order valence-electron chi connectivity index (χ1n) is 12.1. The van der Waals surface area contributed by atoms with Crippen molar-refractivity contribution in [3.63, 3.8) is 0 Å². The third kappa shape index (κ3) is 5.53. The van der Waals surface area contributed by atoms with E-state index in [1.165, 1.54) is 6.33 Å². The van der Waals surface area contributed by atoms with Crippen LogP contribution in [0.25, 0.3) is 22.6 Å². The molecule has 4 aromatic rings. The molecule has 198 valence electrons. The number of imidazole rings is 1. The normalized spacial score (nSPS) is 14.9. The molecule has 1 unspecified atom stereocenters. The van der Waals surface area contributed by atoms with Crippen LogP contribution in [0.15, 0.2) is 42.7 Å². The van der Waals surface area contributed by atoms with E-state index in [4.69, 9.17) is 54.4 Å². The van der Waals surface area contributed by atoms with Gasteiger partial charge in [0, 0.05) is 21.2 Å². The van der Waals surface area contributed by atoms with E-state index < -0.39 is 11.9 Å². The first-order valence-corrected chi connectivity index (χ1v) is 13.3. The summed E-state index contributed by atoms with van der Waals surface area (Å²) in [5, 5.41) is 10.5. The molecule has 1 aliphatic carbocycles. The number of aliphatic carboxylic acids is 1. The number of hydrogen-bond acceptors (Lipinski definition) is 6. The fourth-order valence-electron chi connectivity index (χ4n) is 3.94. The molecule has 1 atom stereocenters. The van der Waals surface area contributed by atoms with Gasteiger partial charge in [0.05, 0.1) is 24.1 Å². The summed E-state index contributed by atoms with van der Waals surface area (Å²) < 4.78 is 13.8. The summed E-state index contributed by atoms with van der Waals surface area (Å²) in [5.41, 5.74) is 2.17. The zero-order valence-electron chi connectivity index (χ0n) is 20.7. The van der Waals surface area contributed by atoms with Crippen LogP contribution in [-0.4, -0.2) is 42.8 Å². The lowest BCUT2D eigenvalue weighted by molar-refractivity contribution is -0.141. The number of carboxylic acids is 1. The second kappa shape index (κ2) is 10.6. The molecule has 2 aromatic carbocycles. The van der Waals surface area contributed by atoms with Crippen molar-refractivity contribution in [1.82, 2.24) is 19.5 Å². The van der Waals surface area contributed by atoms with Crippen molar-refractivity contribution >= 4 is 51.9 Å². The molecular weight excluding hydrogens is 551 g/mol. The molecule has 0 saturated heterocycles. The number of halogens is 3. The van der Waals surface area contributed by atoms with Crippen LogP contribution in [0, 0.1) is 5.92 Å². The van der Waals surface area contributed by atoms with Crippen LogP contribution in [0.3, 0.4) is 0 Å². The van der Waals surface area contributed by atoms with Crippen LogP contribution in [0.1, 0.15) is 38.7 Å². The molecule has 0 bridgehead atoms. The second-order valence-corrected chi connectivity index (χ2v) is 10.9. The Hall–Kier alpha value is -3.07. The Balaban J connectivity index is 1.55. The standard InChI is InChI=1S/C27H25Cl3N4O4/c1-15(26(35)36)8-11-37-16-6-7-17(21(30)12-16)23-33-22-24(31-14-32-25(22)38-27(2)9-10-27)34(23)13-18-19(28)4-3-5-20(18)29/h3-7,12,14-15H,8-11,13H2,1-2H3,(H,35,36). The van der Waals surface area contributed by atoms with Gasteiger partial charge >= 0.3 is 5.97 Å². The molecule has 5 rings (SSSR count). The van der Waals surface area contributed by atoms with Gasteiger partial charge in [-0.3, -0.25) is 4.79 Å². The largest absolute Gasteiger partial charge is 0.494 e. The van der Waals surface area contributed by atoms with Gasteiger partial charge in [-0.05, 0) is 56.5 Å². The first kappa shape index (κ1) is 26.5. The molecular formula is C27H25Cl3N4O4. The van der Waals surface area contributed by atoms with E-state index in [1.807, 2.05) is 11.5 Å². The first-order chi connectivity index (χ1) is 18.1. The molecule has 0 amide bonds. The molecule has 38 heavy (non-hydrogen) atoms. The quantitative estimate of drug-likeness (QED) is 0.219. The van der Waals surface area contributed by atoms with Gasteiger partial charge in [-0.1, -0.05) is 47.8 Å². The summed E-state index contributed by atoms with van der Waals surface area (Å²) in [6, 6.07) is 10.6. The topological polar surface area (TPSA) is 99.4 Å². The monoisotopic (exact) mass is 574 g/mol. The maximum absolute atomic E-state index is 11.1. The molecule has 8 nitrogen and oxygen atoms in total. The van der Waals surface area contributed by atoms with Gasteiger partial charge in [0.2, 0.25) is 5.88 Å². The van der Waals surface area contributed by atoms with E-state index in [1.54, 1.807) is 43.3 Å². The number of benzene rings is 2. The molecule has 0 aliphatic heterocycles. The van der Waals surface area contributed by atoms with Crippen LogP contribution >= 0.6 is 34.8 Å². The van der Waals surface area contributed by atoms with E-state index in [-0.39, 0.29) is 12.2 Å². The molecule has 0 radical (unpaired) electrons. The molecule has 1 saturated carbocycles. The van der Waals surface area contributed by atoms with E-state index in [0.29, 0.717) is 62.2 Å². The van der Waals surface area contributed by atoms with Gasteiger partial charge in [-0.2, -0.15) is 4.98 Å². The van der Waals surface area contributed by atoms with Crippen LogP contribution in [-0.2, 0) is 11.3 Å². The Morgan fingerprint density at radius 1 is 1.13 bits per heavy atom. The van der Waals surface area contributed by atoms with Crippen molar-refractivity contribution in [3.05, 3.63) is 63.4 Å². The van der Waals surface area contributed by atoms with Gasteiger partial charge in [-0.25, -0.2) is 9.97 Å². The van der Waals surface area contributed by atoms with E-state index >= 15 is 0 Å². The number of nitrogens with zero attached hydrogens (tertiary/aromatic N) is 4. The second-order valence-electron chi connectivity index (χ2n) is 9.64. The van der Waals surface area contributed by atoms with Crippen LogP contribution in [0.4, 0.5) is 0 Å². The van der Waals surface area contributed by atoms with Crippen molar-refractivity contribution < 1.29 is 19.4 Å². The fraction of sp³-hybridized carbons (Fsp3) is 0.333. The minimum absolute atomic E-state index is 0.252. The molecule has 1 aliphatic rings. The van der Waals surface area contributed by atoms with Crippen molar-refractivity contribution in [3.8, 4) is 23.0 Å². The summed E-state index contributed by atoms with van der Waals surface area (Å²) in [7, 11) is 0. The van der Waals surface area contributed by atoms with Crippen molar-refractivity contribution in [2.75, 3.05) is 6.61 Å². The van der Waals surface area contributed by atoms with Crippen LogP contribution in [0.2, 0.25) is 15.1 Å². The maximum Gasteiger partial charge on any atom is 0.306 e. The molecule has 11 heteroatoms. The highest BCUT2D eigenvalue weighted by atomic mass is 35.5. The lowest BCUT2D eigenvalue weighted by atomic mass is 10.1. The third-order valence-electron chi connectivity index (χ3n) is 6.60. The average Bonchev–Trinajstić information content (AvgIpc) is 3.48. The fourth-order valence-corrected chi connectivity index (χ4v) is 4.71. The Morgan fingerprint density at radius 2 is 1.87 bits per heavy atom.